The topological polar surface area (TPSA) is 304 Å². The Labute approximate surface area is 764 Å². The van der Waals surface area contributed by atoms with Gasteiger partial charge < -0.3 is 67.0 Å². The number of ether oxygens (including phenoxy) is 3. The molecule has 118 heavy (non-hydrogen) atoms. The van der Waals surface area contributed by atoms with Crippen molar-refractivity contribution in [2.45, 2.75) is 173 Å². The van der Waals surface area contributed by atoms with Gasteiger partial charge >= 0.3 is 0 Å². The molecule has 1 amide bonds. The fourth-order valence-corrected chi connectivity index (χ4v) is 14.7. The van der Waals surface area contributed by atoms with E-state index in [-0.39, 0.29) is 109 Å². The molecule has 36 heteroatoms. The summed E-state index contributed by atoms with van der Waals surface area (Å²) in [5.74, 6) is 4.09. The number of benzene rings is 6. The predicted molar refractivity (Wildman–Crippen MR) is 494 cm³/mol. The number of nitro groups is 1. The summed E-state index contributed by atoms with van der Waals surface area (Å²) < 4.78 is 17.5. The third kappa shape index (κ3) is 37.0. The number of non-ortho nitro benzene ring substituents is 1. The monoisotopic (exact) mass is 1900 g/mol. The first-order valence-corrected chi connectivity index (χ1v) is 42.3. The summed E-state index contributed by atoms with van der Waals surface area (Å²) in [6.45, 7) is 41.9. The number of hydrogen-bond donors (Lipinski definition) is 6. The summed E-state index contributed by atoms with van der Waals surface area (Å²) in [4.78, 5) is 69.2. The summed E-state index contributed by atoms with van der Waals surface area (Å²) in [5, 5.41) is 29.7. The third-order valence-electron chi connectivity index (χ3n) is 18.2. The summed E-state index contributed by atoms with van der Waals surface area (Å²) in [6, 6.07) is 25.5. The van der Waals surface area contributed by atoms with Gasteiger partial charge in [0.25, 0.3) is 5.69 Å². The summed E-state index contributed by atoms with van der Waals surface area (Å²) in [6.07, 6.45) is 6.10. The van der Waals surface area contributed by atoms with Crippen LogP contribution in [0.5, 0.6) is 17.2 Å². The van der Waals surface area contributed by atoms with Crippen molar-refractivity contribution in [1.82, 2.24) is 55.7 Å². The Kier molecular flexibility index (Phi) is 52.0. The number of halogens is 11. The Morgan fingerprint density at radius 1 is 0.449 bits per heavy atom. The number of hydrogen-bond acceptors (Lipinski definition) is 22. The van der Waals surface area contributed by atoms with Gasteiger partial charge in [-0.3, -0.25) is 19.7 Å². The van der Waals surface area contributed by atoms with Gasteiger partial charge in [-0.1, -0.05) is 167 Å². The van der Waals surface area contributed by atoms with E-state index < -0.39 is 4.92 Å². The van der Waals surface area contributed by atoms with Gasteiger partial charge in [-0.05, 0) is 228 Å². The molecular weight excluding hydrogens is 1790 g/mol. The normalized spacial score (nSPS) is 11.6. The Bertz CT molecular complexity index is 4520. The molecule has 3 unspecified atom stereocenters. The smallest absolute Gasteiger partial charge is 0.270 e. The molecule has 0 radical (unpaired) electrons. The zero-order valence-electron chi connectivity index (χ0n) is 69.7. The predicted octanol–water partition coefficient (Wildman–Crippen LogP) is 23.4. The molecule has 0 aliphatic carbocycles. The first kappa shape index (κ1) is 108. The van der Waals surface area contributed by atoms with Crippen molar-refractivity contribution in [3.8, 4) is 17.2 Å². The second-order valence-corrected chi connectivity index (χ2v) is 31.1. The number of nitrogens with zero attached hydrogens (tertiary/aromatic N) is 11. The van der Waals surface area contributed by atoms with E-state index in [0.717, 1.165) is 125 Å². The van der Waals surface area contributed by atoms with Gasteiger partial charge in [0.15, 0.2) is 34.7 Å². The van der Waals surface area contributed by atoms with Crippen LogP contribution < -0.4 is 47.4 Å². The van der Waals surface area contributed by atoms with Crippen molar-refractivity contribution in [1.29, 1.82) is 0 Å². The van der Waals surface area contributed by atoms with Gasteiger partial charge in [-0.15, -0.1) is 12.4 Å². The molecule has 3 heterocycles. The average Bonchev–Trinajstić information content (AvgIpc) is 0.802. The second kappa shape index (κ2) is 56.7. The van der Waals surface area contributed by atoms with Gasteiger partial charge in [0.1, 0.15) is 37.3 Å². The Morgan fingerprint density at radius 2 is 0.729 bits per heavy atom. The maximum Gasteiger partial charge on any atom is 0.270 e. The first-order valence-electron chi connectivity index (χ1n) is 38.6. The number of anilines is 5. The molecule has 0 saturated heterocycles. The van der Waals surface area contributed by atoms with Crippen LogP contribution in [0, 0.1) is 10.1 Å². The van der Waals surface area contributed by atoms with Crippen LogP contribution in [0.15, 0.2) is 91.0 Å². The number of nitrogens with two attached hydrogens (primary N) is 1. The number of nitrogen functional groups attached to an aromatic ring is 1. The minimum absolute atomic E-state index is 0. The largest absolute Gasteiger partial charge is 0.482 e. The van der Waals surface area contributed by atoms with Gasteiger partial charge in [0, 0.05) is 106 Å². The Hall–Kier alpha value is -5.91. The molecule has 3 aromatic heterocycles. The molecule has 9 rings (SSSR count). The standard InChI is InChI=1S/C26H32Cl3N5O2.C24H28Cl3N5O3.C24H30Cl3N5O.C6H15N.C2H3ClO.ClH.H3N.Zn/c1-5-34(6-2)11-7-8-16(3)30-26-20-14-19(31-17(4)35)9-10-23(20)32-24(33-26)15-36-25-21(28)12-18(27)13-22(25)29;1-4-31(5-2)10-6-7-15(3)28-24-18-13-17(32(33)34)8-9-21(18)29-22(30-24)14-35-23-19(26)11-16(25)12-20(23)27;1-4-32(5-2)10-6-7-15(3)29-24-18-13-17(28)8-9-21(18)30-22(31-24)14-33-23-19(26)11-16(25)12-20(23)27;1-4-7(5-2)6-3;1-2(3)4;;;/h9-10,12-14,16H,5-8,11,15H2,1-4H3,(H,31,35)(H,30,32,33);8-9,11-13,15H,4-7,10,14H2,1-3H3,(H,28,29,30);8-9,11-13,15H,4-7,10,14,28H2,1-3H3,(H,29,30,31);4-6H2,1-3H3;1H3;1H;1H3;. The van der Waals surface area contributed by atoms with Crippen molar-refractivity contribution in [3.63, 3.8) is 0 Å². The van der Waals surface area contributed by atoms with E-state index in [1.54, 1.807) is 30.3 Å². The molecule has 646 valence electrons. The number of amides is 1. The van der Waals surface area contributed by atoms with Crippen molar-refractivity contribution >= 4 is 207 Å². The minimum atomic E-state index is -0.432. The van der Waals surface area contributed by atoms with E-state index in [1.807, 2.05) is 36.4 Å². The molecule has 0 spiro atoms. The molecular formula is C82H112Cl11N17O7Zn. The van der Waals surface area contributed by atoms with Crippen molar-refractivity contribution in [2.24, 2.45) is 0 Å². The SMILES string of the molecule is CC(=O)Cl.CCN(CC)CC.CCN(CC)CCCC(C)Nc1nc(COc2c(Cl)cc(Cl)cc2Cl)nc2ccc(N)cc12.CCN(CC)CCCC(C)Nc1nc(COc2c(Cl)cc(Cl)cc2Cl)nc2ccc(NC(C)=O)cc12.CCN(CC)CCCC(C)Nc1nc(COc2c(Cl)cc(Cl)cc2Cl)nc2ccc([N+](=O)[O-])cc12.Cl.N.[Zn]. The van der Waals surface area contributed by atoms with E-state index in [2.05, 4.69) is 155 Å². The van der Waals surface area contributed by atoms with Crippen molar-refractivity contribution in [2.75, 3.05) is 106 Å². The number of carbonyl (C=O) groups is 2. The van der Waals surface area contributed by atoms with Crippen LogP contribution in [0.4, 0.5) is 34.5 Å². The van der Waals surface area contributed by atoms with Crippen molar-refractivity contribution in [3.05, 3.63) is 164 Å². The molecule has 0 saturated carbocycles. The van der Waals surface area contributed by atoms with E-state index in [0.29, 0.717) is 98.0 Å². The van der Waals surface area contributed by atoms with E-state index in [4.69, 9.17) is 134 Å². The average molecular weight is 1900 g/mol. The van der Waals surface area contributed by atoms with Crippen LogP contribution in [0.2, 0.25) is 45.2 Å². The number of fused-ring (bicyclic) bond motifs is 3. The fraction of sp³-hybridized carbons (Fsp3) is 0.463. The quantitative estimate of drug-likeness (QED) is 0.00689. The molecule has 0 fully saturated rings. The number of carbonyl (C=O) groups excluding carboxylic acids is 2. The number of aromatic nitrogens is 6. The van der Waals surface area contributed by atoms with E-state index >= 15 is 0 Å². The van der Waals surface area contributed by atoms with Gasteiger partial charge in [-0.25, -0.2) is 29.9 Å². The Morgan fingerprint density at radius 3 is 1.01 bits per heavy atom. The molecule has 9 N–H and O–H groups in total. The van der Waals surface area contributed by atoms with Crippen LogP contribution in [-0.2, 0) is 48.9 Å². The fourth-order valence-electron chi connectivity index (χ4n) is 11.9. The maximum atomic E-state index is 11.6. The van der Waals surface area contributed by atoms with Crippen LogP contribution in [0.1, 0.15) is 153 Å². The van der Waals surface area contributed by atoms with Crippen LogP contribution in [0.3, 0.4) is 0 Å². The maximum absolute atomic E-state index is 11.6. The minimum Gasteiger partial charge on any atom is -0.482 e. The van der Waals surface area contributed by atoms with Crippen LogP contribution in [-0.4, -0.2) is 162 Å². The van der Waals surface area contributed by atoms with Crippen molar-refractivity contribution < 1.29 is 48.2 Å². The summed E-state index contributed by atoms with van der Waals surface area (Å²) in [7, 11) is 0. The first-order chi connectivity index (χ1) is 54.8. The molecule has 24 nitrogen and oxygen atoms in total. The van der Waals surface area contributed by atoms with Gasteiger partial charge in [-0.2, -0.15) is 0 Å². The zero-order chi connectivity index (χ0) is 85.0. The summed E-state index contributed by atoms with van der Waals surface area (Å²) in [5.41, 5.74) is 9.42. The molecule has 0 aliphatic heterocycles. The number of rotatable bonds is 38. The Balaban J connectivity index is 0.000000556. The molecule has 0 bridgehead atoms. The molecule has 9 aromatic rings. The van der Waals surface area contributed by atoms with E-state index in [1.165, 1.54) is 57.7 Å². The molecule has 3 atom stereocenters. The van der Waals surface area contributed by atoms with Crippen LogP contribution in [0.25, 0.3) is 32.7 Å². The summed E-state index contributed by atoms with van der Waals surface area (Å²) >= 11 is 60.0. The number of nitrogens with one attached hydrogen (secondary N) is 4. The molecule has 0 aliphatic rings. The zero-order valence-corrected chi connectivity index (χ0v) is 81.0. The molecule has 6 aromatic carbocycles. The third-order valence-corrected chi connectivity index (χ3v) is 20.5. The van der Waals surface area contributed by atoms with E-state index in [9.17, 15) is 19.7 Å². The second-order valence-electron chi connectivity index (χ2n) is 26.8. The number of nitro benzene ring substituents is 1. The van der Waals surface area contributed by atoms with Gasteiger partial charge in [0.2, 0.25) is 11.1 Å². The van der Waals surface area contributed by atoms with Crippen LogP contribution >= 0.6 is 128 Å². The van der Waals surface area contributed by atoms with Gasteiger partial charge in [0.05, 0.1) is 51.6 Å².